The lowest BCUT2D eigenvalue weighted by molar-refractivity contribution is -0.120. The van der Waals surface area contributed by atoms with E-state index in [9.17, 15) is 14.2 Å². The first-order valence-corrected chi connectivity index (χ1v) is 19.2. The topological polar surface area (TPSA) is 154 Å². The molecule has 1 unspecified atom stereocenters. The van der Waals surface area contributed by atoms with Crippen molar-refractivity contribution in [1.29, 1.82) is 0 Å². The van der Waals surface area contributed by atoms with Gasteiger partial charge in [-0.15, -0.1) is 0 Å². The van der Waals surface area contributed by atoms with Crippen molar-refractivity contribution in [3.63, 3.8) is 0 Å². The van der Waals surface area contributed by atoms with Gasteiger partial charge in [0.1, 0.15) is 24.8 Å². The number of rotatable bonds is 15. The molecule has 1 saturated carbocycles. The fraction of sp³-hybridized carbons (Fsp3) is 0.472. The van der Waals surface area contributed by atoms with Gasteiger partial charge >= 0.3 is 6.09 Å². The van der Waals surface area contributed by atoms with Gasteiger partial charge in [0, 0.05) is 35.8 Å². The number of aromatic nitrogens is 4. The number of nitrogens with zero attached hydrogens (tertiary/aromatic N) is 4. The third-order valence-electron chi connectivity index (χ3n) is 8.97. The minimum Gasteiger partial charge on any atom is -0.410 e. The lowest BCUT2D eigenvalue weighted by atomic mass is 10.0. The van der Waals surface area contributed by atoms with Crippen LogP contribution in [-0.4, -0.2) is 49.9 Å². The van der Waals surface area contributed by atoms with Crippen molar-refractivity contribution in [1.82, 2.24) is 24.8 Å². The highest BCUT2D eigenvalue weighted by molar-refractivity contribution is 7.71. The zero-order valence-corrected chi connectivity index (χ0v) is 29.3. The number of ether oxygens (including phenoxy) is 1. The molecular weight excluding hydrogens is 625 g/mol. The number of carbonyl (C=O) groups is 2. The number of nitrogens with two attached hydrogens (primary N) is 1. The molecule has 0 spiro atoms. The van der Waals surface area contributed by atoms with E-state index in [0.717, 1.165) is 66.0 Å². The molecular formula is C36H48N7O4P. The average Bonchev–Trinajstić information content (AvgIpc) is 3.74. The molecule has 1 aliphatic rings. The molecule has 0 saturated heterocycles. The maximum absolute atomic E-state index is 13.7. The summed E-state index contributed by atoms with van der Waals surface area (Å²) in [5.74, 6) is 1.39. The number of aryl methyl sites for hydroxylation is 2. The molecule has 2 aromatic carbocycles. The van der Waals surface area contributed by atoms with Gasteiger partial charge in [-0.3, -0.25) is 4.79 Å². The molecule has 0 aliphatic heterocycles. The highest BCUT2D eigenvalue weighted by Gasteiger charge is 2.25. The summed E-state index contributed by atoms with van der Waals surface area (Å²) in [5.41, 5.74) is 8.70. The number of hydrogen-bond acceptors (Lipinski definition) is 8. The number of primary amides is 1. The number of hydrogen-bond donors (Lipinski definition) is 3. The van der Waals surface area contributed by atoms with Crippen molar-refractivity contribution in [2.45, 2.75) is 91.1 Å². The lowest BCUT2D eigenvalue weighted by Gasteiger charge is -2.18. The van der Waals surface area contributed by atoms with Crippen LogP contribution in [0.2, 0.25) is 0 Å². The average molecular weight is 674 g/mol. The Balaban J connectivity index is 1.35. The zero-order chi connectivity index (χ0) is 34.3. The molecule has 12 heteroatoms. The second-order valence-corrected chi connectivity index (χ2v) is 16.3. The summed E-state index contributed by atoms with van der Waals surface area (Å²) in [4.78, 5) is 38.9. The first-order valence-electron chi connectivity index (χ1n) is 17.1. The molecule has 5 rings (SSSR count). The van der Waals surface area contributed by atoms with Gasteiger partial charge in [0.15, 0.2) is 17.0 Å². The van der Waals surface area contributed by atoms with E-state index in [-0.39, 0.29) is 5.92 Å². The first kappa shape index (κ1) is 35.1. The van der Waals surface area contributed by atoms with Gasteiger partial charge in [0.05, 0.1) is 6.33 Å². The van der Waals surface area contributed by atoms with Crippen molar-refractivity contribution in [3.05, 3.63) is 66.2 Å². The highest BCUT2D eigenvalue weighted by atomic mass is 31.2. The monoisotopic (exact) mass is 673 g/mol. The van der Waals surface area contributed by atoms with Crippen LogP contribution in [0.15, 0.2) is 54.9 Å². The molecule has 256 valence electrons. The van der Waals surface area contributed by atoms with E-state index < -0.39 is 25.2 Å². The summed E-state index contributed by atoms with van der Waals surface area (Å²) in [6.45, 7) is 8.38. The third-order valence-corrected chi connectivity index (χ3v) is 12.5. The smallest absolute Gasteiger partial charge is 0.410 e. The van der Waals surface area contributed by atoms with Crippen molar-refractivity contribution in [2.24, 2.45) is 11.7 Å². The normalized spacial score (nSPS) is 14.4. The number of imidazole rings is 1. The number of amides is 2. The van der Waals surface area contributed by atoms with Crippen LogP contribution in [0.4, 0.5) is 16.3 Å². The van der Waals surface area contributed by atoms with E-state index in [1.807, 2.05) is 47.0 Å². The van der Waals surface area contributed by atoms with Gasteiger partial charge < -0.3 is 30.2 Å². The van der Waals surface area contributed by atoms with Crippen molar-refractivity contribution in [3.8, 4) is 5.75 Å². The van der Waals surface area contributed by atoms with E-state index >= 15 is 0 Å². The molecule has 2 heterocycles. The second-order valence-electron chi connectivity index (χ2n) is 13.1. The maximum atomic E-state index is 13.7. The molecule has 11 nitrogen and oxygen atoms in total. The van der Waals surface area contributed by atoms with E-state index in [1.54, 1.807) is 26.2 Å². The minimum absolute atomic E-state index is 0.165. The molecule has 4 N–H and O–H groups in total. The molecule has 1 atom stereocenters. The van der Waals surface area contributed by atoms with Crippen LogP contribution in [0.1, 0.15) is 83.5 Å². The van der Waals surface area contributed by atoms with Crippen LogP contribution in [0.25, 0.3) is 11.2 Å². The summed E-state index contributed by atoms with van der Waals surface area (Å²) in [7, 11) is -2.40. The van der Waals surface area contributed by atoms with Crippen molar-refractivity contribution in [2.75, 3.05) is 17.6 Å². The summed E-state index contributed by atoms with van der Waals surface area (Å²) < 4.78 is 21.2. The molecule has 48 heavy (non-hydrogen) atoms. The zero-order valence-electron chi connectivity index (χ0n) is 28.4. The standard InChI is InChI=1S/C36H48N7O4P/c1-5-20-48(46,21-6-2)29-16-14-27(15-17-29)39-34-31-35(42-33(41-34)26-11-7-8-12-26)43(23-38-31)19-18-25-10-9-13-28(22-25)47-36(45)40-30(24(3)4)32(37)44/h9-10,13-17,22-24,26,30H,5-8,11-12,18-21H2,1-4H3,(H2,37,44)(H,40,45)(H,39,41,42). The summed E-state index contributed by atoms with van der Waals surface area (Å²) in [5, 5.41) is 6.97. The van der Waals surface area contributed by atoms with Crippen LogP contribution in [0.3, 0.4) is 0 Å². The molecule has 2 aromatic heterocycles. The predicted molar refractivity (Wildman–Crippen MR) is 191 cm³/mol. The SMILES string of the molecule is CCCP(=O)(CCC)c1ccc(Nc2nc(C3CCCC3)nc3c2ncn3CCc2cccc(OC(=O)NC(C(N)=O)C(C)C)c2)cc1. The van der Waals surface area contributed by atoms with Gasteiger partial charge in [-0.05, 0) is 80.0 Å². The van der Waals surface area contributed by atoms with Crippen molar-refractivity contribution >= 4 is 47.1 Å². The fourth-order valence-corrected chi connectivity index (χ4v) is 9.35. The van der Waals surface area contributed by atoms with E-state index in [1.165, 1.54) is 12.8 Å². The number of nitrogens with one attached hydrogen (secondary N) is 2. The van der Waals surface area contributed by atoms with Crippen LogP contribution in [0.5, 0.6) is 5.75 Å². The number of fused-ring (bicyclic) bond motifs is 1. The van der Waals surface area contributed by atoms with Crippen LogP contribution >= 0.6 is 7.14 Å². The Morgan fingerprint density at radius 2 is 1.75 bits per heavy atom. The minimum atomic E-state index is -2.40. The molecule has 2 amide bonds. The molecule has 0 radical (unpaired) electrons. The summed E-state index contributed by atoms with van der Waals surface area (Å²) >= 11 is 0. The molecule has 4 aromatic rings. The molecule has 1 fully saturated rings. The van der Waals surface area contributed by atoms with Crippen LogP contribution < -0.4 is 26.4 Å². The van der Waals surface area contributed by atoms with E-state index in [0.29, 0.717) is 36.0 Å². The Hall–Kier alpha value is -4.24. The Kier molecular flexibility index (Phi) is 11.5. The largest absolute Gasteiger partial charge is 0.413 e. The van der Waals surface area contributed by atoms with Gasteiger partial charge in [0.25, 0.3) is 0 Å². The fourth-order valence-electron chi connectivity index (χ4n) is 6.47. The number of anilines is 2. The summed E-state index contributed by atoms with van der Waals surface area (Å²) in [6, 6.07) is 14.4. The predicted octanol–water partition coefficient (Wildman–Crippen LogP) is 6.88. The van der Waals surface area contributed by atoms with Gasteiger partial charge in [0.2, 0.25) is 5.91 Å². The van der Waals surface area contributed by atoms with Crippen LogP contribution in [-0.2, 0) is 22.3 Å². The Labute approximate surface area is 282 Å². The van der Waals surface area contributed by atoms with Crippen molar-refractivity contribution < 1.29 is 18.9 Å². The summed E-state index contributed by atoms with van der Waals surface area (Å²) in [6.07, 6.45) is 9.43. The molecule has 0 bridgehead atoms. The highest BCUT2D eigenvalue weighted by Crippen LogP contribution is 2.45. The number of benzene rings is 2. The number of carbonyl (C=O) groups excluding carboxylic acids is 2. The maximum Gasteiger partial charge on any atom is 0.413 e. The van der Waals surface area contributed by atoms with Gasteiger partial charge in [-0.2, -0.15) is 0 Å². The van der Waals surface area contributed by atoms with E-state index in [4.69, 9.17) is 25.4 Å². The quantitative estimate of drug-likeness (QED) is 0.116. The van der Waals surface area contributed by atoms with Gasteiger partial charge in [-0.25, -0.2) is 19.7 Å². The Morgan fingerprint density at radius 1 is 1.04 bits per heavy atom. The Bertz CT molecular complexity index is 1760. The Morgan fingerprint density at radius 3 is 2.40 bits per heavy atom. The second kappa shape index (κ2) is 15.8. The van der Waals surface area contributed by atoms with Crippen LogP contribution in [0, 0.1) is 5.92 Å². The molecule has 1 aliphatic carbocycles. The first-order chi connectivity index (χ1) is 23.1. The van der Waals surface area contributed by atoms with E-state index in [2.05, 4.69) is 24.5 Å². The lowest BCUT2D eigenvalue weighted by Crippen LogP contribution is -2.48. The third kappa shape index (κ3) is 8.42. The van der Waals surface area contributed by atoms with Gasteiger partial charge in [-0.1, -0.05) is 52.7 Å².